The number of hydrogen-bond donors (Lipinski definition) is 0. The van der Waals surface area contributed by atoms with Crippen molar-refractivity contribution in [2.45, 2.75) is 44.9 Å². The molecule has 0 saturated carbocycles. The number of rotatable bonds is 5. The molecular weight excluding hydrogens is 262 g/mol. The minimum absolute atomic E-state index is 0.0682. The highest BCUT2D eigenvalue weighted by Crippen LogP contribution is 2.36. The molecule has 0 aliphatic carbocycles. The summed E-state index contributed by atoms with van der Waals surface area (Å²) in [5.74, 6) is 0.923. The molecule has 2 heterocycles. The SMILES string of the molecule is Cc1nccn1CCCCN1C(=O)SC(C)(C)C1=O. The number of unbranched alkanes of at least 4 members (excludes halogenated alkanes) is 1. The van der Waals surface area contributed by atoms with Gasteiger partial charge in [-0.2, -0.15) is 0 Å². The summed E-state index contributed by atoms with van der Waals surface area (Å²) < 4.78 is 1.48. The van der Waals surface area contributed by atoms with Crippen LogP contribution >= 0.6 is 11.8 Å². The second kappa shape index (κ2) is 5.36. The van der Waals surface area contributed by atoms with E-state index in [0.29, 0.717) is 6.54 Å². The van der Waals surface area contributed by atoms with Crippen molar-refractivity contribution in [1.29, 1.82) is 0 Å². The number of hydrogen-bond acceptors (Lipinski definition) is 4. The first-order valence-electron chi connectivity index (χ1n) is 6.44. The number of carbonyl (C=O) groups excluding carboxylic acids is 2. The van der Waals surface area contributed by atoms with E-state index in [1.54, 1.807) is 20.0 Å². The normalized spacial score (nSPS) is 18.4. The quantitative estimate of drug-likeness (QED) is 0.778. The Hall–Kier alpha value is -1.30. The molecule has 0 N–H and O–H groups in total. The Morgan fingerprint density at radius 3 is 2.47 bits per heavy atom. The molecule has 5 nitrogen and oxygen atoms in total. The van der Waals surface area contributed by atoms with Crippen LogP contribution in [0.4, 0.5) is 4.79 Å². The summed E-state index contributed by atoms with van der Waals surface area (Å²) in [5, 5.41) is -0.117. The van der Waals surface area contributed by atoms with Crippen LogP contribution in [-0.4, -0.2) is 36.9 Å². The number of amides is 2. The Morgan fingerprint density at radius 2 is 1.95 bits per heavy atom. The lowest BCUT2D eigenvalue weighted by molar-refractivity contribution is -0.128. The molecule has 0 aromatic carbocycles. The fourth-order valence-corrected chi connectivity index (χ4v) is 3.03. The van der Waals surface area contributed by atoms with Crippen LogP contribution in [0.25, 0.3) is 0 Å². The maximum absolute atomic E-state index is 12.0. The van der Waals surface area contributed by atoms with E-state index >= 15 is 0 Å². The Bertz CT molecular complexity index is 496. The van der Waals surface area contributed by atoms with Gasteiger partial charge in [-0.15, -0.1) is 0 Å². The summed E-state index contributed by atoms with van der Waals surface area (Å²) in [6.45, 7) is 6.95. The molecule has 0 spiro atoms. The van der Waals surface area contributed by atoms with Crippen molar-refractivity contribution >= 4 is 22.9 Å². The van der Waals surface area contributed by atoms with Gasteiger partial charge in [0.25, 0.3) is 5.24 Å². The Balaban J connectivity index is 1.79. The lowest BCUT2D eigenvalue weighted by atomic mass is 10.1. The molecule has 0 radical (unpaired) electrons. The van der Waals surface area contributed by atoms with Crippen LogP contribution in [0.15, 0.2) is 12.4 Å². The summed E-state index contributed by atoms with van der Waals surface area (Å²) in [6.07, 6.45) is 5.48. The standard InChI is InChI=1S/C13H19N3O2S/c1-10-14-6-9-15(10)7-4-5-8-16-11(17)13(2,3)19-12(16)18/h6,9H,4-5,7-8H2,1-3H3. The molecular formula is C13H19N3O2S. The Morgan fingerprint density at radius 1 is 1.26 bits per heavy atom. The molecule has 0 atom stereocenters. The number of imidazole rings is 1. The molecule has 0 unspecified atom stereocenters. The molecule has 2 rings (SSSR count). The van der Waals surface area contributed by atoms with Crippen LogP contribution in [0.2, 0.25) is 0 Å². The molecule has 1 aliphatic heterocycles. The van der Waals surface area contributed by atoms with Gasteiger partial charge >= 0.3 is 0 Å². The van der Waals surface area contributed by atoms with E-state index in [2.05, 4.69) is 9.55 Å². The fourth-order valence-electron chi connectivity index (χ4n) is 2.11. The topological polar surface area (TPSA) is 55.2 Å². The minimum atomic E-state index is -0.599. The van der Waals surface area contributed by atoms with Crippen molar-refractivity contribution in [3.05, 3.63) is 18.2 Å². The predicted octanol–water partition coefficient (Wildman–Crippen LogP) is 2.45. The maximum atomic E-state index is 12.0. The van der Waals surface area contributed by atoms with Crippen LogP contribution in [0.5, 0.6) is 0 Å². The smallest absolute Gasteiger partial charge is 0.289 e. The molecule has 2 amide bonds. The zero-order valence-corrected chi connectivity index (χ0v) is 12.4. The number of thioether (sulfide) groups is 1. The number of carbonyl (C=O) groups is 2. The number of aryl methyl sites for hydroxylation is 2. The number of aromatic nitrogens is 2. The van der Waals surface area contributed by atoms with Gasteiger partial charge in [0.2, 0.25) is 5.91 Å². The maximum Gasteiger partial charge on any atom is 0.289 e. The van der Waals surface area contributed by atoms with Gasteiger partial charge in [0, 0.05) is 25.5 Å². The van der Waals surface area contributed by atoms with Crippen molar-refractivity contribution in [2.24, 2.45) is 0 Å². The van der Waals surface area contributed by atoms with Gasteiger partial charge in [-0.1, -0.05) is 0 Å². The van der Waals surface area contributed by atoms with Crippen molar-refractivity contribution in [1.82, 2.24) is 14.5 Å². The van der Waals surface area contributed by atoms with Crippen molar-refractivity contribution in [3.63, 3.8) is 0 Å². The van der Waals surface area contributed by atoms with Crippen LogP contribution in [0, 0.1) is 6.92 Å². The molecule has 1 aliphatic rings. The zero-order chi connectivity index (χ0) is 14.0. The number of imide groups is 1. The highest BCUT2D eigenvalue weighted by molar-refractivity contribution is 8.16. The molecule has 104 valence electrons. The first-order chi connectivity index (χ1) is 8.92. The third kappa shape index (κ3) is 3.00. The largest absolute Gasteiger partial charge is 0.335 e. The first-order valence-corrected chi connectivity index (χ1v) is 7.26. The molecule has 1 saturated heterocycles. The van der Waals surface area contributed by atoms with Gasteiger partial charge in [0.1, 0.15) is 5.82 Å². The minimum Gasteiger partial charge on any atom is -0.335 e. The van der Waals surface area contributed by atoms with Crippen LogP contribution < -0.4 is 0 Å². The predicted molar refractivity (Wildman–Crippen MR) is 75.0 cm³/mol. The molecule has 6 heteroatoms. The van der Waals surface area contributed by atoms with E-state index in [-0.39, 0.29) is 11.1 Å². The van der Waals surface area contributed by atoms with Crippen LogP contribution in [0.1, 0.15) is 32.5 Å². The van der Waals surface area contributed by atoms with E-state index in [1.807, 2.05) is 13.1 Å². The Kier molecular flexibility index (Phi) is 3.99. The molecule has 1 fully saturated rings. The van der Waals surface area contributed by atoms with E-state index in [9.17, 15) is 9.59 Å². The lowest BCUT2D eigenvalue weighted by Gasteiger charge is -2.16. The molecule has 0 bridgehead atoms. The van der Waals surface area contributed by atoms with Crippen molar-refractivity contribution in [2.75, 3.05) is 6.54 Å². The van der Waals surface area contributed by atoms with E-state index in [4.69, 9.17) is 0 Å². The lowest BCUT2D eigenvalue weighted by Crippen LogP contribution is -2.36. The monoisotopic (exact) mass is 281 g/mol. The van der Waals surface area contributed by atoms with Gasteiger partial charge in [0.15, 0.2) is 0 Å². The highest BCUT2D eigenvalue weighted by Gasteiger charge is 2.45. The third-order valence-corrected chi connectivity index (χ3v) is 4.36. The van der Waals surface area contributed by atoms with Crippen molar-refractivity contribution in [3.8, 4) is 0 Å². The highest BCUT2D eigenvalue weighted by atomic mass is 32.2. The van der Waals surface area contributed by atoms with Crippen LogP contribution in [-0.2, 0) is 11.3 Å². The van der Waals surface area contributed by atoms with Gasteiger partial charge in [0.05, 0.1) is 4.75 Å². The molecule has 1 aromatic heterocycles. The number of nitrogens with zero attached hydrogens (tertiary/aromatic N) is 3. The molecule has 19 heavy (non-hydrogen) atoms. The third-order valence-electron chi connectivity index (χ3n) is 3.28. The fraction of sp³-hybridized carbons (Fsp3) is 0.615. The summed E-state index contributed by atoms with van der Waals surface area (Å²) >= 11 is 1.12. The second-order valence-corrected chi connectivity index (χ2v) is 6.78. The van der Waals surface area contributed by atoms with Gasteiger partial charge in [-0.3, -0.25) is 14.5 Å². The van der Waals surface area contributed by atoms with E-state index in [1.165, 1.54) is 4.90 Å². The van der Waals surface area contributed by atoms with E-state index < -0.39 is 4.75 Å². The average molecular weight is 281 g/mol. The van der Waals surface area contributed by atoms with Crippen molar-refractivity contribution < 1.29 is 9.59 Å². The average Bonchev–Trinajstić information content (AvgIpc) is 2.80. The summed E-state index contributed by atoms with van der Waals surface area (Å²) in [5.41, 5.74) is 0. The van der Waals surface area contributed by atoms with E-state index in [0.717, 1.165) is 37.0 Å². The summed E-state index contributed by atoms with van der Waals surface area (Å²) in [4.78, 5) is 29.3. The van der Waals surface area contributed by atoms with Gasteiger partial charge in [-0.25, -0.2) is 4.98 Å². The summed E-state index contributed by atoms with van der Waals surface area (Å²) in [6, 6.07) is 0. The zero-order valence-electron chi connectivity index (χ0n) is 11.5. The Labute approximate surface area is 117 Å². The second-order valence-electron chi connectivity index (χ2n) is 5.21. The molecule has 1 aromatic rings. The van der Waals surface area contributed by atoms with Crippen LogP contribution in [0.3, 0.4) is 0 Å². The van der Waals surface area contributed by atoms with Gasteiger partial charge in [-0.05, 0) is 45.4 Å². The first kappa shape index (κ1) is 14.1. The summed E-state index contributed by atoms with van der Waals surface area (Å²) in [7, 11) is 0. The van der Waals surface area contributed by atoms with Gasteiger partial charge < -0.3 is 4.57 Å².